The molecule has 1 rings (SSSR count). The molecule has 0 nitrogen and oxygen atoms in total. The molecule has 84 valence electrons. The number of thioether (sulfide) groups is 1. The molecular formula is C11H13Cl3S. The lowest BCUT2D eigenvalue weighted by Gasteiger charge is -2.08. The van der Waals surface area contributed by atoms with Crippen molar-refractivity contribution in [2.24, 2.45) is 5.92 Å². The van der Waals surface area contributed by atoms with E-state index >= 15 is 0 Å². The highest BCUT2D eigenvalue weighted by molar-refractivity contribution is 7.98. The van der Waals surface area contributed by atoms with Crippen LogP contribution in [-0.4, -0.2) is 11.6 Å². The first-order valence-corrected chi connectivity index (χ1v) is 7.15. The van der Waals surface area contributed by atoms with Crippen molar-refractivity contribution in [3.05, 3.63) is 33.8 Å². The zero-order valence-corrected chi connectivity index (χ0v) is 11.6. The maximum absolute atomic E-state index is 6.05. The Morgan fingerprint density at radius 2 is 2.07 bits per heavy atom. The minimum atomic E-state index is 0.537. The normalized spacial score (nSPS) is 12.8. The second-order valence-electron chi connectivity index (χ2n) is 3.51. The topological polar surface area (TPSA) is 0 Å². The molecule has 0 amide bonds. The molecule has 0 fully saturated rings. The monoisotopic (exact) mass is 282 g/mol. The number of hydrogen-bond donors (Lipinski definition) is 0. The van der Waals surface area contributed by atoms with Crippen LogP contribution in [0, 0.1) is 5.92 Å². The van der Waals surface area contributed by atoms with Crippen LogP contribution in [0.4, 0.5) is 0 Å². The van der Waals surface area contributed by atoms with Gasteiger partial charge in [-0.15, -0.1) is 11.6 Å². The summed E-state index contributed by atoms with van der Waals surface area (Å²) in [4.78, 5) is 0. The molecule has 0 heterocycles. The van der Waals surface area contributed by atoms with E-state index in [0.717, 1.165) is 27.1 Å². The zero-order valence-electron chi connectivity index (χ0n) is 8.47. The van der Waals surface area contributed by atoms with Gasteiger partial charge in [-0.2, -0.15) is 11.8 Å². The molecule has 0 aliphatic rings. The lowest BCUT2D eigenvalue weighted by Crippen LogP contribution is -1.99. The third kappa shape index (κ3) is 4.86. The van der Waals surface area contributed by atoms with Crippen LogP contribution in [0.2, 0.25) is 10.0 Å². The standard InChI is InChI=1S/C11H13Cl3S/c1-8(5-12)6-15-7-9-4-10(13)2-3-11(9)14/h2-4,8H,5-7H2,1H3. The van der Waals surface area contributed by atoms with Crippen molar-refractivity contribution >= 4 is 46.6 Å². The smallest absolute Gasteiger partial charge is 0.0447 e. The second-order valence-corrected chi connectivity index (χ2v) is 5.69. The van der Waals surface area contributed by atoms with Crippen LogP contribution in [0.3, 0.4) is 0 Å². The Labute approximate surface area is 110 Å². The molecule has 15 heavy (non-hydrogen) atoms. The van der Waals surface area contributed by atoms with Crippen molar-refractivity contribution in [2.45, 2.75) is 12.7 Å². The Hall–Kier alpha value is 0.440. The number of alkyl halides is 1. The van der Waals surface area contributed by atoms with Crippen molar-refractivity contribution in [1.29, 1.82) is 0 Å². The van der Waals surface area contributed by atoms with E-state index in [1.807, 2.05) is 23.9 Å². The summed E-state index contributed by atoms with van der Waals surface area (Å²) >= 11 is 19.5. The minimum Gasteiger partial charge on any atom is -0.157 e. The van der Waals surface area contributed by atoms with E-state index in [1.165, 1.54) is 0 Å². The average molecular weight is 284 g/mol. The van der Waals surface area contributed by atoms with Gasteiger partial charge in [-0.1, -0.05) is 30.1 Å². The summed E-state index contributed by atoms with van der Waals surface area (Å²) in [5, 5.41) is 1.52. The van der Waals surface area contributed by atoms with Crippen LogP contribution < -0.4 is 0 Å². The molecule has 0 aliphatic heterocycles. The van der Waals surface area contributed by atoms with E-state index < -0.39 is 0 Å². The van der Waals surface area contributed by atoms with E-state index in [4.69, 9.17) is 34.8 Å². The van der Waals surface area contributed by atoms with E-state index in [1.54, 1.807) is 6.07 Å². The molecule has 0 spiro atoms. The first kappa shape index (κ1) is 13.5. The van der Waals surface area contributed by atoms with Crippen molar-refractivity contribution in [3.63, 3.8) is 0 Å². The van der Waals surface area contributed by atoms with E-state index in [-0.39, 0.29) is 0 Å². The molecule has 4 heteroatoms. The molecule has 1 aromatic carbocycles. The highest BCUT2D eigenvalue weighted by atomic mass is 35.5. The Morgan fingerprint density at radius 1 is 1.33 bits per heavy atom. The lowest BCUT2D eigenvalue weighted by atomic mass is 10.2. The summed E-state index contributed by atoms with van der Waals surface area (Å²) in [5.41, 5.74) is 1.09. The number of halogens is 3. The lowest BCUT2D eigenvalue weighted by molar-refractivity contribution is 0.759. The summed E-state index contributed by atoms with van der Waals surface area (Å²) in [7, 11) is 0. The summed E-state index contributed by atoms with van der Waals surface area (Å²) in [5.74, 6) is 3.18. The molecule has 1 unspecified atom stereocenters. The van der Waals surface area contributed by atoms with Gasteiger partial charge in [0, 0.05) is 21.7 Å². The van der Waals surface area contributed by atoms with Gasteiger partial charge in [0.15, 0.2) is 0 Å². The highest BCUT2D eigenvalue weighted by Crippen LogP contribution is 2.25. The van der Waals surface area contributed by atoms with Gasteiger partial charge in [-0.25, -0.2) is 0 Å². The fourth-order valence-corrected chi connectivity index (χ4v) is 2.86. The van der Waals surface area contributed by atoms with Gasteiger partial charge in [0.2, 0.25) is 0 Å². The maximum Gasteiger partial charge on any atom is 0.0447 e. The van der Waals surface area contributed by atoms with Crippen LogP contribution in [0.15, 0.2) is 18.2 Å². The van der Waals surface area contributed by atoms with Gasteiger partial charge in [0.1, 0.15) is 0 Å². The number of hydrogen-bond acceptors (Lipinski definition) is 1. The first-order valence-electron chi connectivity index (χ1n) is 4.71. The molecule has 0 bridgehead atoms. The summed E-state index contributed by atoms with van der Waals surface area (Å²) in [6.07, 6.45) is 0. The number of benzene rings is 1. The zero-order chi connectivity index (χ0) is 11.3. The van der Waals surface area contributed by atoms with E-state index in [0.29, 0.717) is 11.8 Å². The predicted octanol–water partition coefficient (Wildman–Crippen LogP) is 5.10. The third-order valence-corrected chi connectivity index (χ3v) is 4.38. The van der Waals surface area contributed by atoms with Gasteiger partial charge in [0.25, 0.3) is 0 Å². The molecule has 0 aromatic heterocycles. The van der Waals surface area contributed by atoms with Gasteiger partial charge in [0.05, 0.1) is 0 Å². The Balaban J connectivity index is 2.46. The van der Waals surface area contributed by atoms with Gasteiger partial charge in [-0.05, 0) is 35.4 Å². The average Bonchev–Trinajstić information content (AvgIpc) is 2.23. The fraction of sp³-hybridized carbons (Fsp3) is 0.455. The van der Waals surface area contributed by atoms with Gasteiger partial charge < -0.3 is 0 Å². The SMILES string of the molecule is CC(CCl)CSCc1cc(Cl)ccc1Cl. The van der Waals surface area contributed by atoms with Gasteiger partial charge >= 0.3 is 0 Å². The molecule has 0 aliphatic carbocycles. The summed E-state index contributed by atoms with van der Waals surface area (Å²) in [6.45, 7) is 2.14. The van der Waals surface area contributed by atoms with Crippen molar-refractivity contribution in [3.8, 4) is 0 Å². The molecule has 0 saturated carbocycles. The Kier molecular flexibility index (Phi) is 6.21. The Morgan fingerprint density at radius 3 is 2.73 bits per heavy atom. The highest BCUT2D eigenvalue weighted by Gasteiger charge is 2.04. The molecule has 0 saturated heterocycles. The van der Waals surface area contributed by atoms with Gasteiger partial charge in [-0.3, -0.25) is 0 Å². The quantitative estimate of drug-likeness (QED) is 0.677. The van der Waals surface area contributed by atoms with Crippen LogP contribution in [0.1, 0.15) is 12.5 Å². The van der Waals surface area contributed by atoms with Crippen molar-refractivity contribution < 1.29 is 0 Å². The van der Waals surface area contributed by atoms with E-state index in [2.05, 4.69) is 6.92 Å². The molecular weight excluding hydrogens is 271 g/mol. The summed E-state index contributed by atoms with van der Waals surface area (Å²) < 4.78 is 0. The predicted molar refractivity (Wildman–Crippen MR) is 72.5 cm³/mol. The second kappa shape index (κ2) is 6.90. The van der Waals surface area contributed by atoms with Crippen LogP contribution in [-0.2, 0) is 5.75 Å². The summed E-state index contributed by atoms with van der Waals surface area (Å²) in [6, 6.07) is 5.56. The maximum atomic E-state index is 6.05. The van der Waals surface area contributed by atoms with Crippen molar-refractivity contribution in [2.75, 3.05) is 11.6 Å². The van der Waals surface area contributed by atoms with E-state index in [9.17, 15) is 0 Å². The minimum absolute atomic E-state index is 0.537. The van der Waals surface area contributed by atoms with Crippen molar-refractivity contribution in [1.82, 2.24) is 0 Å². The molecule has 0 N–H and O–H groups in total. The molecule has 1 aromatic rings. The fourth-order valence-electron chi connectivity index (χ4n) is 1.07. The first-order chi connectivity index (χ1) is 7.13. The molecule has 0 radical (unpaired) electrons. The van der Waals surface area contributed by atoms with Crippen LogP contribution in [0.5, 0.6) is 0 Å². The largest absolute Gasteiger partial charge is 0.157 e. The van der Waals surface area contributed by atoms with Crippen LogP contribution >= 0.6 is 46.6 Å². The third-order valence-electron chi connectivity index (χ3n) is 1.93. The molecule has 1 atom stereocenters. The van der Waals surface area contributed by atoms with Crippen LogP contribution in [0.25, 0.3) is 0 Å². The Bertz CT molecular complexity index is 315. The number of rotatable bonds is 5.